The molecular weight excluding hydrogens is 320 g/mol. The molecule has 3 N–H and O–H groups in total. The summed E-state index contributed by atoms with van der Waals surface area (Å²) in [6.45, 7) is 1.46. The summed E-state index contributed by atoms with van der Waals surface area (Å²) in [4.78, 5) is 35.3. The molecule has 130 valence electrons. The van der Waals surface area contributed by atoms with Crippen LogP contribution in [0.4, 0.5) is 0 Å². The SMILES string of the molecule is Cc1ccc(C[C@H](NC(=O)c2ccccc2)C(=O)NCC(=O)O)cc1. The van der Waals surface area contributed by atoms with Gasteiger partial charge in [0.25, 0.3) is 5.91 Å². The van der Waals surface area contributed by atoms with Crippen molar-refractivity contribution in [1.82, 2.24) is 10.6 Å². The minimum Gasteiger partial charge on any atom is -0.480 e. The molecule has 0 saturated heterocycles. The number of nitrogens with one attached hydrogen (secondary N) is 2. The van der Waals surface area contributed by atoms with Gasteiger partial charge in [-0.15, -0.1) is 0 Å². The van der Waals surface area contributed by atoms with Crippen LogP contribution in [0, 0.1) is 6.92 Å². The molecule has 0 radical (unpaired) electrons. The normalized spacial score (nSPS) is 11.4. The molecule has 0 unspecified atom stereocenters. The number of carbonyl (C=O) groups is 3. The first-order valence-electron chi connectivity index (χ1n) is 7.86. The van der Waals surface area contributed by atoms with E-state index in [1.165, 1.54) is 0 Å². The van der Waals surface area contributed by atoms with E-state index in [4.69, 9.17) is 5.11 Å². The molecule has 2 rings (SSSR count). The molecule has 0 aliphatic rings. The highest BCUT2D eigenvalue weighted by Crippen LogP contribution is 2.08. The molecule has 0 saturated carbocycles. The maximum absolute atomic E-state index is 12.3. The van der Waals surface area contributed by atoms with Gasteiger partial charge in [-0.3, -0.25) is 14.4 Å². The zero-order valence-corrected chi connectivity index (χ0v) is 13.9. The number of rotatable bonds is 7. The molecular formula is C19H20N2O4. The van der Waals surface area contributed by atoms with Gasteiger partial charge >= 0.3 is 5.97 Å². The molecule has 2 aromatic rings. The molecule has 0 bridgehead atoms. The van der Waals surface area contributed by atoms with Gasteiger partial charge in [-0.2, -0.15) is 0 Å². The molecule has 0 spiro atoms. The lowest BCUT2D eigenvalue weighted by Crippen LogP contribution is -2.49. The molecule has 0 heterocycles. The average Bonchev–Trinajstić information content (AvgIpc) is 2.61. The van der Waals surface area contributed by atoms with E-state index >= 15 is 0 Å². The number of amides is 2. The second-order valence-corrected chi connectivity index (χ2v) is 5.69. The minimum absolute atomic E-state index is 0.268. The Morgan fingerprint density at radius 2 is 1.64 bits per heavy atom. The van der Waals surface area contributed by atoms with E-state index in [-0.39, 0.29) is 12.3 Å². The van der Waals surface area contributed by atoms with Crippen molar-refractivity contribution in [3.05, 3.63) is 71.3 Å². The van der Waals surface area contributed by atoms with Crippen LogP contribution >= 0.6 is 0 Å². The van der Waals surface area contributed by atoms with Crippen molar-refractivity contribution >= 4 is 17.8 Å². The van der Waals surface area contributed by atoms with Crippen LogP contribution in [-0.2, 0) is 16.0 Å². The summed E-state index contributed by atoms with van der Waals surface area (Å²) in [6.07, 6.45) is 0.268. The molecule has 25 heavy (non-hydrogen) atoms. The maximum atomic E-state index is 12.3. The van der Waals surface area contributed by atoms with Crippen LogP contribution in [0.25, 0.3) is 0 Å². The van der Waals surface area contributed by atoms with Gasteiger partial charge in [0.05, 0.1) is 0 Å². The van der Waals surface area contributed by atoms with E-state index in [2.05, 4.69) is 10.6 Å². The smallest absolute Gasteiger partial charge is 0.322 e. The second kappa shape index (κ2) is 8.63. The van der Waals surface area contributed by atoms with Crippen LogP contribution in [0.5, 0.6) is 0 Å². The number of carbonyl (C=O) groups excluding carboxylic acids is 2. The van der Waals surface area contributed by atoms with Crippen molar-refractivity contribution < 1.29 is 19.5 Å². The molecule has 0 aliphatic carbocycles. The van der Waals surface area contributed by atoms with Gasteiger partial charge < -0.3 is 15.7 Å². The lowest BCUT2D eigenvalue weighted by Gasteiger charge is -2.18. The van der Waals surface area contributed by atoms with Gasteiger partial charge in [0.1, 0.15) is 12.6 Å². The first-order valence-corrected chi connectivity index (χ1v) is 7.86. The van der Waals surface area contributed by atoms with Gasteiger partial charge in [0, 0.05) is 12.0 Å². The van der Waals surface area contributed by atoms with Crippen LogP contribution in [0.2, 0.25) is 0 Å². The predicted molar refractivity (Wildman–Crippen MR) is 93.2 cm³/mol. The largest absolute Gasteiger partial charge is 0.480 e. The van der Waals surface area contributed by atoms with E-state index in [1.807, 2.05) is 31.2 Å². The summed E-state index contributed by atoms with van der Waals surface area (Å²) in [6, 6.07) is 15.3. The average molecular weight is 340 g/mol. The minimum atomic E-state index is -1.14. The third-order valence-corrected chi connectivity index (χ3v) is 3.63. The van der Waals surface area contributed by atoms with E-state index < -0.39 is 24.5 Å². The van der Waals surface area contributed by atoms with Crippen LogP contribution in [0.15, 0.2) is 54.6 Å². The molecule has 0 fully saturated rings. The summed E-state index contributed by atoms with van der Waals surface area (Å²) in [5.41, 5.74) is 2.39. The number of aryl methyl sites for hydroxylation is 1. The number of hydrogen-bond donors (Lipinski definition) is 3. The van der Waals surface area contributed by atoms with Crippen LogP contribution in [0.1, 0.15) is 21.5 Å². The highest BCUT2D eigenvalue weighted by molar-refractivity contribution is 5.97. The Balaban J connectivity index is 2.12. The second-order valence-electron chi connectivity index (χ2n) is 5.69. The number of carboxylic acids is 1. The van der Waals surface area contributed by atoms with Gasteiger partial charge in [-0.1, -0.05) is 48.0 Å². The van der Waals surface area contributed by atoms with Crippen molar-refractivity contribution in [2.45, 2.75) is 19.4 Å². The van der Waals surface area contributed by atoms with Crippen molar-refractivity contribution in [3.8, 4) is 0 Å². The first-order chi connectivity index (χ1) is 12.0. The van der Waals surface area contributed by atoms with Crippen molar-refractivity contribution in [1.29, 1.82) is 0 Å². The van der Waals surface area contributed by atoms with E-state index in [1.54, 1.807) is 30.3 Å². The lowest BCUT2D eigenvalue weighted by molar-refractivity contribution is -0.138. The summed E-state index contributed by atoms with van der Waals surface area (Å²) in [5.74, 6) is -2.06. The van der Waals surface area contributed by atoms with Crippen molar-refractivity contribution in [2.24, 2.45) is 0 Å². The first kappa shape index (κ1) is 18.2. The standard InChI is InChI=1S/C19H20N2O4/c1-13-7-9-14(10-8-13)11-16(19(25)20-12-17(22)23)21-18(24)15-5-3-2-4-6-15/h2-10,16H,11-12H2,1H3,(H,20,25)(H,21,24)(H,22,23)/t16-/m0/s1. The molecule has 1 atom stereocenters. The van der Waals surface area contributed by atoms with Gasteiger partial charge in [-0.25, -0.2) is 0 Å². The predicted octanol–water partition coefficient (Wildman–Crippen LogP) is 1.54. The quantitative estimate of drug-likeness (QED) is 0.712. The van der Waals surface area contributed by atoms with Crippen LogP contribution in [-0.4, -0.2) is 35.5 Å². The summed E-state index contributed by atoms with van der Waals surface area (Å²) >= 11 is 0. The summed E-state index contributed by atoms with van der Waals surface area (Å²) in [5, 5.41) is 13.7. The van der Waals surface area contributed by atoms with E-state index in [0.29, 0.717) is 5.56 Å². The zero-order chi connectivity index (χ0) is 18.2. The van der Waals surface area contributed by atoms with Crippen LogP contribution in [0.3, 0.4) is 0 Å². The Morgan fingerprint density at radius 3 is 2.24 bits per heavy atom. The fourth-order valence-corrected chi connectivity index (χ4v) is 2.29. The van der Waals surface area contributed by atoms with Crippen molar-refractivity contribution in [3.63, 3.8) is 0 Å². The Bertz CT molecular complexity index is 742. The fourth-order valence-electron chi connectivity index (χ4n) is 2.29. The molecule has 2 amide bonds. The zero-order valence-electron chi connectivity index (χ0n) is 13.9. The Labute approximate surface area is 145 Å². The summed E-state index contributed by atoms with van der Waals surface area (Å²) in [7, 11) is 0. The fraction of sp³-hybridized carbons (Fsp3) is 0.211. The number of hydrogen-bond acceptors (Lipinski definition) is 3. The topological polar surface area (TPSA) is 95.5 Å². The molecule has 0 aromatic heterocycles. The highest BCUT2D eigenvalue weighted by atomic mass is 16.4. The monoisotopic (exact) mass is 340 g/mol. The van der Waals surface area contributed by atoms with Gasteiger partial charge in [0.15, 0.2) is 0 Å². The number of benzene rings is 2. The number of aliphatic carboxylic acids is 1. The van der Waals surface area contributed by atoms with Gasteiger partial charge in [-0.05, 0) is 24.6 Å². The highest BCUT2D eigenvalue weighted by Gasteiger charge is 2.22. The Kier molecular flexibility index (Phi) is 6.28. The van der Waals surface area contributed by atoms with Crippen LogP contribution < -0.4 is 10.6 Å². The lowest BCUT2D eigenvalue weighted by atomic mass is 10.0. The Hall–Kier alpha value is -3.15. The number of carboxylic acid groups (broad SMARTS) is 1. The Morgan fingerprint density at radius 1 is 1.00 bits per heavy atom. The molecule has 0 aliphatic heterocycles. The van der Waals surface area contributed by atoms with E-state index in [0.717, 1.165) is 11.1 Å². The van der Waals surface area contributed by atoms with Gasteiger partial charge in [0.2, 0.25) is 5.91 Å². The third-order valence-electron chi connectivity index (χ3n) is 3.63. The molecule has 2 aromatic carbocycles. The summed E-state index contributed by atoms with van der Waals surface area (Å²) < 4.78 is 0. The third kappa shape index (κ3) is 5.76. The van der Waals surface area contributed by atoms with Crippen molar-refractivity contribution in [2.75, 3.05) is 6.54 Å². The maximum Gasteiger partial charge on any atom is 0.322 e. The van der Waals surface area contributed by atoms with E-state index in [9.17, 15) is 14.4 Å². The molecule has 6 nitrogen and oxygen atoms in total. The molecule has 6 heteroatoms.